The van der Waals surface area contributed by atoms with Gasteiger partial charge in [-0.1, -0.05) is 67.1 Å². The van der Waals surface area contributed by atoms with Crippen LogP contribution in [0, 0.1) is 5.92 Å². The molecule has 3 N–H and O–H groups in total. The Kier molecular flexibility index (Phi) is 8.14. The fourth-order valence-electron chi connectivity index (χ4n) is 3.93. The smallest absolute Gasteiger partial charge is 0.220 e. The molecule has 0 spiro atoms. The minimum Gasteiger partial charge on any atom is -0.353 e. The molecule has 0 heterocycles. The maximum absolute atomic E-state index is 12.7. The number of nitrogens with one attached hydrogen (secondary N) is 1. The molecule has 0 saturated heterocycles. The summed E-state index contributed by atoms with van der Waals surface area (Å²) < 4.78 is 0. The van der Waals surface area contributed by atoms with Crippen molar-refractivity contribution < 1.29 is 4.79 Å². The molecule has 2 aromatic rings. The third-order valence-electron chi connectivity index (χ3n) is 5.34. The summed E-state index contributed by atoms with van der Waals surface area (Å²) in [6.07, 6.45) is 4.75. The third kappa shape index (κ3) is 5.58. The number of hydrogen-bond donors (Lipinski definition) is 2. The van der Waals surface area contributed by atoms with E-state index in [1.165, 1.54) is 17.5 Å². The molecule has 1 amide bonds. The molecule has 1 aliphatic carbocycles. The lowest BCUT2D eigenvalue weighted by Gasteiger charge is -2.22. The number of hydrogen-bond acceptors (Lipinski definition) is 2. The van der Waals surface area contributed by atoms with Gasteiger partial charge in [-0.2, -0.15) is 0 Å². The van der Waals surface area contributed by atoms with E-state index in [-0.39, 0.29) is 30.3 Å². The summed E-state index contributed by atoms with van der Waals surface area (Å²) in [6.45, 7) is 0.664. The van der Waals surface area contributed by atoms with E-state index in [0.29, 0.717) is 18.9 Å². The summed E-state index contributed by atoms with van der Waals surface area (Å²) in [6, 6.07) is 21.0. The van der Waals surface area contributed by atoms with Crippen molar-refractivity contribution in [3.05, 3.63) is 71.8 Å². The van der Waals surface area contributed by atoms with Gasteiger partial charge in [-0.15, -0.1) is 12.4 Å². The van der Waals surface area contributed by atoms with Gasteiger partial charge in [0.2, 0.25) is 5.91 Å². The van der Waals surface area contributed by atoms with E-state index in [1.807, 2.05) is 24.3 Å². The van der Waals surface area contributed by atoms with Crippen LogP contribution in [0.5, 0.6) is 0 Å². The Morgan fingerprint density at radius 3 is 2.35 bits per heavy atom. The van der Waals surface area contributed by atoms with Gasteiger partial charge in [0, 0.05) is 12.5 Å². The number of carbonyl (C=O) groups excluding carboxylic acids is 1. The van der Waals surface area contributed by atoms with Crippen LogP contribution in [0.3, 0.4) is 0 Å². The summed E-state index contributed by atoms with van der Waals surface area (Å²) in [5.41, 5.74) is 8.34. The molecule has 2 aromatic carbocycles. The Morgan fingerprint density at radius 2 is 1.69 bits per heavy atom. The van der Waals surface area contributed by atoms with Crippen molar-refractivity contribution in [1.82, 2.24) is 5.32 Å². The maximum atomic E-state index is 12.7. The van der Waals surface area contributed by atoms with Gasteiger partial charge in [0.15, 0.2) is 0 Å². The van der Waals surface area contributed by atoms with Gasteiger partial charge in [-0.3, -0.25) is 4.79 Å². The summed E-state index contributed by atoms with van der Waals surface area (Å²) in [7, 11) is 0. The molecule has 0 aromatic heterocycles. The molecule has 3 unspecified atom stereocenters. The van der Waals surface area contributed by atoms with Crippen molar-refractivity contribution in [1.29, 1.82) is 0 Å². The lowest BCUT2D eigenvalue weighted by Crippen LogP contribution is -2.40. The summed E-state index contributed by atoms with van der Waals surface area (Å²) in [4.78, 5) is 12.7. The summed E-state index contributed by atoms with van der Waals surface area (Å²) in [5, 5.41) is 3.25. The second kappa shape index (κ2) is 10.3. The molecular formula is C22H29ClN2O. The first-order chi connectivity index (χ1) is 12.3. The molecule has 1 fully saturated rings. The zero-order valence-corrected chi connectivity index (χ0v) is 16.0. The highest BCUT2D eigenvalue weighted by Gasteiger charge is 2.28. The van der Waals surface area contributed by atoms with E-state index in [9.17, 15) is 4.79 Å². The predicted octanol–water partition coefficient (Wildman–Crippen LogP) is 4.07. The zero-order chi connectivity index (χ0) is 17.5. The standard InChI is InChI=1S/C22H28N2O.ClH/c23-16-19-12-7-13-21(19)24-22(25)15-20(18-10-5-2-6-11-18)14-17-8-3-1-4-9-17;/h1-6,8-11,19-21H,7,12-16,23H2,(H,24,25);1H. The Labute approximate surface area is 162 Å². The lowest BCUT2D eigenvalue weighted by molar-refractivity contribution is -0.122. The van der Waals surface area contributed by atoms with Gasteiger partial charge in [0.05, 0.1) is 0 Å². The lowest BCUT2D eigenvalue weighted by atomic mass is 9.89. The number of benzene rings is 2. The molecule has 3 rings (SSSR count). The molecule has 0 aliphatic heterocycles. The van der Waals surface area contributed by atoms with E-state index in [1.54, 1.807) is 0 Å². The minimum absolute atomic E-state index is 0. The highest BCUT2D eigenvalue weighted by atomic mass is 35.5. The van der Waals surface area contributed by atoms with E-state index in [4.69, 9.17) is 5.73 Å². The van der Waals surface area contributed by atoms with Gasteiger partial charge in [0.1, 0.15) is 0 Å². The fraction of sp³-hybridized carbons (Fsp3) is 0.409. The summed E-state index contributed by atoms with van der Waals surface area (Å²) in [5.74, 6) is 0.782. The molecule has 1 aliphatic rings. The molecule has 1 saturated carbocycles. The van der Waals surface area contributed by atoms with Crippen molar-refractivity contribution >= 4 is 18.3 Å². The van der Waals surface area contributed by atoms with Crippen LogP contribution in [0.2, 0.25) is 0 Å². The average Bonchev–Trinajstić information content (AvgIpc) is 3.10. The number of nitrogens with two attached hydrogens (primary N) is 1. The van der Waals surface area contributed by atoms with Crippen molar-refractivity contribution in [2.45, 2.75) is 44.1 Å². The Bertz CT molecular complexity index is 662. The number of amides is 1. The van der Waals surface area contributed by atoms with Crippen LogP contribution in [0.1, 0.15) is 42.7 Å². The monoisotopic (exact) mass is 372 g/mol. The molecule has 0 radical (unpaired) electrons. The van der Waals surface area contributed by atoms with Crippen LogP contribution >= 0.6 is 12.4 Å². The van der Waals surface area contributed by atoms with Gasteiger partial charge < -0.3 is 11.1 Å². The van der Waals surface area contributed by atoms with Crippen LogP contribution < -0.4 is 11.1 Å². The minimum atomic E-state index is 0. The van der Waals surface area contributed by atoms with Crippen molar-refractivity contribution in [3.8, 4) is 0 Å². The van der Waals surface area contributed by atoms with E-state index >= 15 is 0 Å². The van der Waals surface area contributed by atoms with Crippen LogP contribution in [-0.2, 0) is 11.2 Å². The molecule has 140 valence electrons. The Morgan fingerprint density at radius 1 is 1.04 bits per heavy atom. The van der Waals surface area contributed by atoms with Crippen molar-refractivity contribution in [2.75, 3.05) is 6.54 Å². The van der Waals surface area contributed by atoms with Crippen LogP contribution in [0.15, 0.2) is 60.7 Å². The Hall–Kier alpha value is -1.84. The van der Waals surface area contributed by atoms with Gasteiger partial charge in [0.25, 0.3) is 0 Å². The highest BCUT2D eigenvalue weighted by Crippen LogP contribution is 2.27. The second-order valence-corrected chi connectivity index (χ2v) is 7.10. The van der Waals surface area contributed by atoms with Crippen LogP contribution in [-0.4, -0.2) is 18.5 Å². The van der Waals surface area contributed by atoms with Crippen LogP contribution in [0.25, 0.3) is 0 Å². The molecule has 3 nitrogen and oxygen atoms in total. The Balaban J connectivity index is 0.00000243. The summed E-state index contributed by atoms with van der Waals surface area (Å²) >= 11 is 0. The van der Waals surface area contributed by atoms with E-state index in [0.717, 1.165) is 19.3 Å². The fourth-order valence-corrected chi connectivity index (χ4v) is 3.93. The average molecular weight is 373 g/mol. The van der Waals surface area contributed by atoms with Gasteiger partial charge in [-0.25, -0.2) is 0 Å². The number of halogens is 1. The molecule has 4 heteroatoms. The SMILES string of the molecule is Cl.NCC1CCCC1NC(=O)CC(Cc1ccccc1)c1ccccc1. The van der Waals surface area contributed by atoms with E-state index in [2.05, 4.69) is 41.7 Å². The number of rotatable bonds is 7. The quantitative estimate of drug-likeness (QED) is 0.769. The first kappa shape index (κ1) is 20.5. The maximum Gasteiger partial charge on any atom is 0.220 e. The third-order valence-corrected chi connectivity index (χ3v) is 5.34. The van der Waals surface area contributed by atoms with Gasteiger partial charge in [-0.05, 0) is 48.8 Å². The van der Waals surface area contributed by atoms with Crippen LogP contribution in [0.4, 0.5) is 0 Å². The largest absolute Gasteiger partial charge is 0.353 e. The van der Waals surface area contributed by atoms with E-state index < -0.39 is 0 Å². The molecule has 26 heavy (non-hydrogen) atoms. The number of carbonyl (C=O) groups is 1. The molecular weight excluding hydrogens is 344 g/mol. The first-order valence-electron chi connectivity index (χ1n) is 9.34. The molecule has 3 atom stereocenters. The van der Waals surface area contributed by atoms with Crippen molar-refractivity contribution in [2.24, 2.45) is 11.7 Å². The molecule has 0 bridgehead atoms. The zero-order valence-electron chi connectivity index (χ0n) is 15.1. The van der Waals surface area contributed by atoms with Gasteiger partial charge >= 0.3 is 0 Å². The predicted molar refractivity (Wildman–Crippen MR) is 110 cm³/mol. The topological polar surface area (TPSA) is 55.1 Å². The highest BCUT2D eigenvalue weighted by molar-refractivity contribution is 5.85. The van der Waals surface area contributed by atoms with Crippen molar-refractivity contribution in [3.63, 3.8) is 0 Å². The second-order valence-electron chi connectivity index (χ2n) is 7.10. The normalized spacial score (nSPS) is 20.2. The first-order valence-corrected chi connectivity index (χ1v) is 9.34.